The Bertz CT molecular complexity index is 1740. The van der Waals surface area contributed by atoms with Gasteiger partial charge in [0, 0.05) is 38.4 Å². The third-order valence-corrected chi connectivity index (χ3v) is 9.80. The summed E-state index contributed by atoms with van der Waals surface area (Å²) >= 11 is 12.7. The molecule has 1 saturated carbocycles. The predicted molar refractivity (Wildman–Crippen MR) is 160 cm³/mol. The van der Waals surface area contributed by atoms with E-state index in [1.807, 2.05) is 31.2 Å². The van der Waals surface area contributed by atoms with E-state index in [0.29, 0.717) is 57.7 Å². The van der Waals surface area contributed by atoms with Crippen LogP contribution in [-0.2, 0) is 28.4 Å². The zero-order valence-corrected chi connectivity index (χ0v) is 25.3. The average molecular weight is 622 g/mol. The van der Waals surface area contributed by atoms with Gasteiger partial charge in [-0.15, -0.1) is 0 Å². The standard InChI is InChI=1S/C32H30Cl2N4O5/c1-32(26-7-6-18(33)12-35-26)42-25-5-3-4-20(30(25)43-32)28-21-14-37(15-22(21)28)16-27-36-29-23(34)10-17(31(39)40-2)11-24(29)38(27)13-19-8-9-41-19/h3-7,10-12,19,21-22,28H,8-9,13-16H2,1-2H3/t19-,21?,22?,28?,32?/m0/s1. The van der Waals surface area contributed by atoms with E-state index in [0.717, 1.165) is 49.0 Å². The molecule has 222 valence electrons. The molecule has 3 fully saturated rings. The number of fused-ring (bicyclic) bond motifs is 3. The van der Waals surface area contributed by atoms with Gasteiger partial charge in [0.05, 0.1) is 47.4 Å². The Kier molecular flexibility index (Phi) is 6.38. The van der Waals surface area contributed by atoms with E-state index in [2.05, 4.69) is 20.5 Å². The van der Waals surface area contributed by atoms with Crippen LogP contribution in [0.5, 0.6) is 11.5 Å². The van der Waals surface area contributed by atoms with Gasteiger partial charge in [-0.1, -0.05) is 35.3 Å². The van der Waals surface area contributed by atoms with Gasteiger partial charge < -0.3 is 23.5 Å². The normalized spacial score (nSPS) is 27.3. The Morgan fingerprint density at radius 2 is 1.95 bits per heavy atom. The molecule has 0 radical (unpaired) electrons. The fourth-order valence-corrected chi connectivity index (χ4v) is 7.35. The second-order valence-corrected chi connectivity index (χ2v) is 12.8. The van der Waals surface area contributed by atoms with E-state index in [9.17, 15) is 4.79 Å². The van der Waals surface area contributed by atoms with Crippen molar-refractivity contribution in [3.05, 3.63) is 81.4 Å². The number of aromatic nitrogens is 3. The number of ether oxygens (including phenoxy) is 4. The van der Waals surface area contributed by atoms with Crippen LogP contribution in [-0.4, -0.2) is 58.3 Å². The molecule has 11 heteroatoms. The lowest BCUT2D eigenvalue weighted by molar-refractivity contribution is -0.0721. The maximum Gasteiger partial charge on any atom is 0.337 e. The number of imidazole rings is 1. The number of methoxy groups -OCH3 is 1. The van der Waals surface area contributed by atoms with Crippen molar-refractivity contribution in [3.63, 3.8) is 0 Å². The van der Waals surface area contributed by atoms with E-state index in [-0.39, 0.29) is 6.10 Å². The van der Waals surface area contributed by atoms with Gasteiger partial charge in [-0.05, 0) is 54.5 Å². The molecule has 0 spiro atoms. The molecule has 3 unspecified atom stereocenters. The first kappa shape index (κ1) is 27.2. The number of hydrogen-bond acceptors (Lipinski definition) is 8. The number of pyridine rings is 1. The lowest BCUT2D eigenvalue weighted by atomic mass is 10.0. The molecule has 3 aliphatic heterocycles. The number of halogens is 2. The summed E-state index contributed by atoms with van der Waals surface area (Å²) in [5.41, 5.74) is 3.81. The molecule has 4 atom stereocenters. The van der Waals surface area contributed by atoms with E-state index >= 15 is 0 Å². The molecule has 2 aromatic carbocycles. The van der Waals surface area contributed by atoms with Crippen LogP contribution in [0.15, 0.2) is 48.7 Å². The molecule has 9 nitrogen and oxygen atoms in total. The molecule has 2 aromatic heterocycles. The predicted octanol–water partition coefficient (Wildman–Crippen LogP) is 5.80. The number of esters is 1. The van der Waals surface area contributed by atoms with Gasteiger partial charge in [-0.25, -0.2) is 9.78 Å². The monoisotopic (exact) mass is 620 g/mol. The fourth-order valence-electron chi connectivity index (χ4n) is 6.99. The van der Waals surface area contributed by atoms with Crippen molar-refractivity contribution >= 4 is 40.2 Å². The largest absolute Gasteiger partial charge is 0.465 e. The van der Waals surface area contributed by atoms with Gasteiger partial charge in [0.15, 0.2) is 11.5 Å². The number of benzene rings is 2. The van der Waals surface area contributed by atoms with Crippen molar-refractivity contribution in [1.29, 1.82) is 0 Å². The van der Waals surface area contributed by atoms with Crippen molar-refractivity contribution in [2.24, 2.45) is 11.8 Å². The summed E-state index contributed by atoms with van der Waals surface area (Å²) in [5, 5.41) is 1.01. The van der Waals surface area contributed by atoms with Crippen molar-refractivity contribution in [2.75, 3.05) is 26.8 Å². The summed E-state index contributed by atoms with van der Waals surface area (Å²) in [6.07, 6.45) is 2.74. The van der Waals surface area contributed by atoms with Crippen molar-refractivity contribution in [3.8, 4) is 11.5 Å². The van der Waals surface area contributed by atoms with Crippen LogP contribution in [0.25, 0.3) is 11.0 Å². The lowest BCUT2D eigenvalue weighted by Crippen LogP contribution is -2.33. The van der Waals surface area contributed by atoms with Gasteiger partial charge in [-0.3, -0.25) is 9.88 Å². The molecule has 43 heavy (non-hydrogen) atoms. The second kappa shape index (κ2) is 10.1. The Labute approximate surface area is 258 Å². The first-order valence-electron chi connectivity index (χ1n) is 14.5. The molecule has 0 bridgehead atoms. The van der Waals surface area contributed by atoms with Crippen LogP contribution < -0.4 is 9.47 Å². The quantitative estimate of drug-likeness (QED) is 0.239. The zero-order valence-electron chi connectivity index (χ0n) is 23.8. The number of carbonyl (C=O) groups is 1. The summed E-state index contributed by atoms with van der Waals surface area (Å²) in [7, 11) is 1.37. The van der Waals surface area contributed by atoms with E-state index < -0.39 is 11.8 Å². The Hall–Kier alpha value is -3.37. The maximum absolute atomic E-state index is 12.3. The summed E-state index contributed by atoms with van der Waals surface area (Å²) in [6, 6.07) is 13.3. The third-order valence-electron chi connectivity index (χ3n) is 9.28. The molecular weight excluding hydrogens is 591 g/mol. The van der Waals surface area contributed by atoms with Crippen molar-refractivity contribution in [1.82, 2.24) is 19.4 Å². The zero-order chi connectivity index (χ0) is 29.5. The minimum atomic E-state index is -1.00. The molecule has 4 aromatic rings. The summed E-state index contributed by atoms with van der Waals surface area (Å²) < 4.78 is 25.6. The van der Waals surface area contributed by atoms with E-state index in [1.54, 1.807) is 18.3 Å². The highest BCUT2D eigenvalue weighted by atomic mass is 35.5. The molecule has 0 N–H and O–H groups in total. The average Bonchev–Trinajstić information content (AvgIpc) is 3.26. The number of nitrogens with zero attached hydrogens (tertiary/aromatic N) is 4. The first-order chi connectivity index (χ1) is 20.8. The van der Waals surface area contributed by atoms with Crippen LogP contribution >= 0.6 is 23.2 Å². The van der Waals surface area contributed by atoms with Crippen molar-refractivity contribution in [2.45, 2.75) is 44.2 Å². The minimum absolute atomic E-state index is 0.129. The molecule has 2 saturated heterocycles. The van der Waals surface area contributed by atoms with E-state index in [4.69, 9.17) is 47.1 Å². The third kappa shape index (κ3) is 4.56. The lowest BCUT2D eigenvalue weighted by Gasteiger charge is -2.28. The van der Waals surface area contributed by atoms with E-state index in [1.165, 1.54) is 12.7 Å². The van der Waals surface area contributed by atoms with Crippen LogP contribution in [0.3, 0.4) is 0 Å². The number of hydrogen-bond donors (Lipinski definition) is 0. The molecule has 1 aliphatic carbocycles. The number of para-hydroxylation sites is 1. The van der Waals surface area contributed by atoms with Crippen molar-refractivity contribution < 1.29 is 23.7 Å². The number of carbonyl (C=O) groups excluding carboxylic acids is 1. The highest BCUT2D eigenvalue weighted by Crippen LogP contribution is 2.62. The molecule has 8 rings (SSSR count). The van der Waals surface area contributed by atoms with Crippen LogP contribution in [0.4, 0.5) is 0 Å². The number of rotatable bonds is 7. The van der Waals surface area contributed by atoms with Gasteiger partial charge >= 0.3 is 5.97 Å². The SMILES string of the molecule is COC(=O)c1cc(Cl)c2nc(CN3CC4C(C3)C4c3cccc4c3OC(C)(c3ccc(Cl)cn3)O4)n(C[C@@H]3CCO3)c2c1. The highest BCUT2D eigenvalue weighted by Gasteiger charge is 2.58. The Morgan fingerprint density at radius 3 is 2.65 bits per heavy atom. The molecule has 4 aliphatic rings. The fraction of sp³-hybridized carbons (Fsp3) is 0.406. The minimum Gasteiger partial charge on any atom is -0.465 e. The molecule has 0 amide bonds. The molecular formula is C32H30Cl2N4O5. The topological polar surface area (TPSA) is 87.9 Å². The van der Waals surface area contributed by atoms with Crippen LogP contribution in [0.1, 0.15) is 46.7 Å². The van der Waals surface area contributed by atoms with Gasteiger partial charge in [0.1, 0.15) is 17.0 Å². The Morgan fingerprint density at radius 1 is 1.14 bits per heavy atom. The van der Waals surface area contributed by atoms with Gasteiger partial charge in [0.25, 0.3) is 5.79 Å². The summed E-state index contributed by atoms with van der Waals surface area (Å²) in [6.45, 7) is 5.94. The highest BCUT2D eigenvalue weighted by molar-refractivity contribution is 6.35. The van der Waals surface area contributed by atoms with Gasteiger partial charge in [0.2, 0.25) is 0 Å². The van der Waals surface area contributed by atoms with Crippen LogP contribution in [0, 0.1) is 11.8 Å². The summed E-state index contributed by atoms with van der Waals surface area (Å²) in [4.78, 5) is 24.2. The van der Waals surface area contributed by atoms with Gasteiger partial charge in [-0.2, -0.15) is 0 Å². The Balaban J connectivity index is 1.01. The van der Waals surface area contributed by atoms with Crippen LogP contribution in [0.2, 0.25) is 10.0 Å². The number of likely N-dealkylation sites (tertiary alicyclic amines) is 1. The smallest absolute Gasteiger partial charge is 0.337 e. The first-order valence-corrected chi connectivity index (χ1v) is 15.3. The molecule has 5 heterocycles. The maximum atomic E-state index is 12.3. The summed E-state index contributed by atoms with van der Waals surface area (Å²) in [5.74, 6) is 2.52. The number of piperidine rings is 1. The second-order valence-electron chi connectivity index (χ2n) is 12.0.